The Morgan fingerprint density at radius 3 is 2.52 bits per heavy atom. The lowest BCUT2D eigenvalue weighted by Crippen LogP contribution is -2.35. The van der Waals surface area contributed by atoms with E-state index in [1.807, 2.05) is 20.8 Å². The summed E-state index contributed by atoms with van der Waals surface area (Å²) in [6.07, 6.45) is 2.10. The number of hydrogen-bond donors (Lipinski definition) is 2. The predicted octanol–water partition coefficient (Wildman–Crippen LogP) is 2.40. The van der Waals surface area contributed by atoms with Crippen LogP contribution in [0.25, 0.3) is 0 Å². The minimum atomic E-state index is -3.70. The number of hydrogen-bond acceptors (Lipinski definition) is 3. The highest BCUT2D eigenvalue weighted by atomic mass is 32.2. The van der Waals surface area contributed by atoms with E-state index in [0.717, 1.165) is 18.9 Å². The molecule has 4 nitrogen and oxygen atoms in total. The lowest BCUT2D eigenvalue weighted by atomic mass is 10.2. The summed E-state index contributed by atoms with van der Waals surface area (Å²) in [5.41, 5.74) is 0.584. The van der Waals surface area contributed by atoms with Crippen molar-refractivity contribution in [3.8, 4) is 0 Å². The molecule has 1 aromatic carbocycles. The van der Waals surface area contributed by atoms with Gasteiger partial charge in [0.15, 0.2) is 0 Å². The highest BCUT2D eigenvalue weighted by molar-refractivity contribution is 7.89. The van der Waals surface area contributed by atoms with Gasteiger partial charge in [0.05, 0.1) is 4.90 Å². The molecule has 6 heteroatoms. The molecular formula is C15H23FN2O2S. The fourth-order valence-electron chi connectivity index (χ4n) is 2.24. The van der Waals surface area contributed by atoms with Gasteiger partial charge in [-0.3, -0.25) is 0 Å². The molecule has 0 spiro atoms. The Balaban J connectivity index is 2.24. The van der Waals surface area contributed by atoms with Crippen LogP contribution in [-0.4, -0.2) is 20.5 Å². The summed E-state index contributed by atoms with van der Waals surface area (Å²) in [5.74, 6) is -0.131. The van der Waals surface area contributed by atoms with E-state index in [1.54, 1.807) is 0 Å². The summed E-state index contributed by atoms with van der Waals surface area (Å²) in [7, 11) is -3.70. The minimum Gasteiger partial charge on any atom is -0.310 e. The van der Waals surface area contributed by atoms with Gasteiger partial charge in [0.1, 0.15) is 5.82 Å². The average molecular weight is 314 g/mol. The molecule has 0 bridgehead atoms. The van der Waals surface area contributed by atoms with Gasteiger partial charge in [-0.05, 0) is 43.4 Å². The predicted molar refractivity (Wildman–Crippen MR) is 80.9 cm³/mol. The van der Waals surface area contributed by atoms with Crippen LogP contribution in [0.15, 0.2) is 23.1 Å². The topological polar surface area (TPSA) is 58.2 Å². The van der Waals surface area contributed by atoms with E-state index in [9.17, 15) is 12.8 Å². The smallest absolute Gasteiger partial charge is 0.241 e. The monoisotopic (exact) mass is 314 g/mol. The molecule has 0 radical (unpaired) electrons. The Morgan fingerprint density at radius 2 is 1.95 bits per heavy atom. The van der Waals surface area contributed by atoms with E-state index in [1.165, 1.54) is 12.1 Å². The summed E-state index contributed by atoms with van der Waals surface area (Å²) < 4.78 is 41.1. The van der Waals surface area contributed by atoms with Crippen LogP contribution in [0.3, 0.4) is 0 Å². The van der Waals surface area contributed by atoms with Crippen molar-refractivity contribution in [3.05, 3.63) is 29.6 Å². The van der Waals surface area contributed by atoms with Gasteiger partial charge in [-0.25, -0.2) is 17.5 Å². The summed E-state index contributed by atoms with van der Waals surface area (Å²) in [5, 5.41) is 3.17. The SMILES string of the molecule is CC(C)NCc1ccc(F)cc1S(=O)(=O)NC(C)C1CC1. The van der Waals surface area contributed by atoms with Gasteiger partial charge in [-0.15, -0.1) is 0 Å². The van der Waals surface area contributed by atoms with E-state index < -0.39 is 15.8 Å². The fourth-order valence-corrected chi connectivity index (χ4v) is 3.80. The van der Waals surface area contributed by atoms with Crippen molar-refractivity contribution >= 4 is 10.0 Å². The van der Waals surface area contributed by atoms with Gasteiger partial charge in [0.2, 0.25) is 10.0 Å². The highest BCUT2D eigenvalue weighted by Gasteiger charge is 2.32. The van der Waals surface area contributed by atoms with Crippen molar-refractivity contribution < 1.29 is 12.8 Å². The van der Waals surface area contributed by atoms with Crippen LogP contribution in [0.4, 0.5) is 4.39 Å². The van der Waals surface area contributed by atoms with Gasteiger partial charge < -0.3 is 5.32 Å². The Kier molecular flexibility index (Phi) is 5.01. The first kappa shape index (κ1) is 16.4. The van der Waals surface area contributed by atoms with E-state index in [-0.39, 0.29) is 17.0 Å². The molecule has 1 aliphatic carbocycles. The van der Waals surface area contributed by atoms with Gasteiger partial charge in [0, 0.05) is 18.6 Å². The maximum Gasteiger partial charge on any atom is 0.241 e. The molecule has 2 rings (SSSR count). The first-order chi connectivity index (χ1) is 9.79. The second-order valence-electron chi connectivity index (χ2n) is 6.04. The standard InChI is InChI=1S/C15H23FN2O2S/c1-10(2)17-9-13-6-7-14(16)8-15(13)21(19,20)18-11(3)12-4-5-12/h6-8,10-12,17-18H,4-5,9H2,1-3H3. The third-order valence-corrected chi connectivity index (χ3v) is 5.33. The molecule has 0 heterocycles. The molecule has 1 atom stereocenters. The molecule has 1 aromatic rings. The van der Waals surface area contributed by atoms with Crippen LogP contribution in [0, 0.1) is 11.7 Å². The fraction of sp³-hybridized carbons (Fsp3) is 0.600. The number of nitrogens with one attached hydrogen (secondary N) is 2. The van der Waals surface area contributed by atoms with Gasteiger partial charge in [-0.2, -0.15) is 0 Å². The Hall–Kier alpha value is -0.980. The lowest BCUT2D eigenvalue weighted by Gasteiger charge is -2.17. The van der Waals surface area contributed by atoms with E-state index in [2.05, 4.69) is 10.0 Å². The maximum absolute atomic E-state index is 13.5. The second-order valence-corrected chi connectivity index (χ2v) is 7.72. The Bertz CT molecular complexity index is 598. The average Bonchev–Trinajstić information content (AvgIpc) is 3.20. The first-order valence-corrected chi connectivity index (χ1v) is 8.82. The zero-order chi connectivity index (χ0) is 15.6. The molecule has 1 fully saturated rings. The van der Waals surface area contributed by atoms with E-state index >= 15 is 0 Å². The normalized spacial score (nSPS) is 17.2. The van der Waals surface area contributed by atoms with Crippen molar-refractivity contribution in [2.45, 2.75) is 57.1 Å². The number of halogens is 1. The van der Waals surface area contributed by atoms with E-state index in [4.69, 9.17) is 0 Å². The van der Waals surface area contributed by atoms with Crippen molar-refractivity contribution in [2.75, 3.05) is 0 Å². The molecular weight excluding hydrogens is 291 g/mol. The van der Waals surface area contributed by atoms with Gasteiger partial charge in [0.25, 0.3) is 0 Å². The summed E-state index contributed by atoms with van der Waals surface area (Å²) in [6, 6.07) is 4.04. The second kappa shape index (κ2) is 6.42. The Morgan fingerprint density at radius 1 is 1.29 bits per heavy atom. The molecule has 1 aliphatic rings. The number of benzene rings is 1. The Labute approximate surface area is 126 Å². The highest BCUT2D eigenvalue weighted by Crippen LogP contribution is 2.33. The first-order valence-electron chi connectivity index (χ1n) is 7.33. The minimum absolute atomic E-state index is 0.0307. The van der Waals surface area contributed by atoms with Crippen LogP contribution in [-0.2, 0) is 16.6 Å². The van der Waals surface area contributed by atoms with Crippen molar-refractivity contribution in [2.24, 2.45) is 5.92 Å². The third kappa shape index (κ3) is 4.49. The third-order valence-electron chi connectivity index (χ3n) is 3.69. The zero-order valence-corrected chi connectivity index (χ0v) is 13.5. The molecule has 118 valence electrons. The molecule has 1 saturated carbocycles. The van der Waals surface area contributed by atoms with Crippen LogP contribution >= 0.6 is 0 Å². The maximum atomic E-state index is 13.5. The van der Waals surface area contributed by atoms with Crippen LogP contribution in [0.5, 0.6) is 0 Å². The number of sulfonamides is 1. The van der Waals surface area contributed by atoms with Gasteiger partial charge in [-0.1, -0.05) is 19.9 Å². The van der Waals surface area contributed by atoms with Crippen molar-refractivity contribution in [1.82, 2.24) is 10.0 Å². The summed E-state index contributed by atoms with van der Waals surface area (Å²) in [6.45, 7) is 6.21. The van der Waals surface area contributed by atoms with Crippen LogP contribution < -0.4 is 10.0 Å². The molecule has 2 N–H and O–H groups in total. The van der Waals surface area contributed by atoms with Crippen molar-refractivity contribution in [3.63, 3.8) is 0 Å². The molecule has 1 unspecified atom stereocenters. The van der Waals surface area contributed by atoms with Crippen molar-refractivity contribution in [1.29, 1.82) is 0 Å². The largest absolute Gasteiger partial charge is 0.310 e. The molecule has 0 amide bonds. The zero-order valence-electron chi connectivity index (χ0n) is 12.7. The molecule has 0 saturated heterocycles. The molecule has 0 aromatic heterocycles. The summed E-state index contributed by atoms with van der Waals surface area (Å²) in [4.78, 5) is 0.0307. The lowest BCUT2D eigenvalue weighted by molar-refractivity contribution is 0.532. The molecule has 0 aliphatic heterocycles. The van der Waals surface area contributed by atoms with E-state index in [0.29, 0.717) is 18.0 Å². The molecule has 21 heavy (non-hydrogen) atoms. The summed E-state index contributed by atoms with van der Waals surface area (Å²) >= 11 is 0. The van der Waals surface area contributed by atoms with Crippen LogP contribution in [0.1, 0.15) is 39.2 Å². The van der Waals surface area contributed by atoms with Gasteiger partial charge >= 0.3 is 0 Å². The number of rotatable bonds is 7. The quantitative estimate of drug-likeness (QED) is 0.812. The van der Waals surface area contributed by atoms with Crippen LogP contribution in [0.2, 0.25) is 0 Å².